The molecule has 2 heterocycles. The van der Waals surface area contributed by atoms with Crippen LogP contribution < -0.4 is 5.32 Å². The van der Waals surface area contributed by atoms with Crippen molar-refractivity contribution in [1.82, 2.24) is 15.1 Å². The van der Waals surface area contributed by atoms with Gasteiger partial charge in [-0.05, 0) is 58.8 Å². The molecule has 2 rings (SSSR count). The molecule has 104 valence electrons. The predicted molar refractivity (Wildman–Crippen MR) is 73.5 cm³/mol. The molecule has 4 nitrogen and oxygen atoms in total. The Morgan fingerprint density at radius 2 is 2.00 bits per heavy atom. The molecular formula is C14H27N3O. The van der Waals surface area contributed by atoms with Crippen LogP contribution in [0.25, 0.3) is 0 Å². The van der Waals surface area contributed by atoms with Crippen molar-refractivity contribution >= 4 is 5.91 Å². The molecule has 0 aromatic heterocycles. The van der Waals surface area contributed by atoms with E-state index in [1.807, 2.05) is 0 Å². The summed E-state index contributed by atoms with van der Waals surface area (Å²) in [7, 11) is 4.27. The lowest BCUT2D eigenvalue weighted by atomic mass is 9.95. The third-order valence-corrected chi connectivity index (χ3v) is 4.41. The maximum Gasteiger partial charge on any atom is 0.222 e. The molecule has 2 saturated heterocycles. The van der Waals surface area contributed by atoms with Crippen LogP contribution in [0.1, 0.15) is 32.1 Å². The fraction of sp³-hybridized carbons (Fsp3) is 0.929. The molecule has 1 amide bonds. The molecule has 2 aliphatic heterocycles. The summed E-state index contributed by atoms with van der Waals surface area (Å²) in [5, 5.41) is 3.39. The Bertz CT molecular complexity index is 266. The minimum atomic E-state index is 0.376. The van der Waals surface area contributed by atoms with Crippen LogP contribution in [0.4, 0.5) is 0 Å². The van der Waals surface area contributed by atoms with Crippen molar-refractivity contribution in [2.45, 2.75) is 38.1 Å². The maximum atomic E-state index is 12.2. The number of amides is 1. The average molecular weight is 253 g/mol. The predicted octanol–water partition coefficient (Wildman–Crippen LogP) is 0.929. The van der Waals surface area contributed by atoms with Gasteiger partial charge in [-0.2, -0.15) is 0 Å². The van der Waals surface area contributed by atoms with Crippen LogP contribution in [0.15, 0.2) is 0 Å². The monoisotopic (exact) mass is 253 g/mol. The van der Waals surface area contributed by atoms with Crippen molar-refractivity contribution in [3.8, 4) is 0 Å². The fourth-order valence-corrected chi connectivity index (χ4v) is 3.11. The van der Waals surface area contributed by atoms with E-state index in [0.717, 1.165) is 45.4 Å². The molecule has 0 aliphatic carbocycles. The molecule has 0 spiro atoms. The minimum Gasteiger partial charge on any atom is -0.343 e. The summed E-state index contributed by atoms with van der Waals surface area (Å²) in [6, 6.07) is 0.658. The zero-order chi connectivity index (χ0) is 13.0. The Morgan fingerprint density at radius 1 is 1.28 bits per heavy atom. The van der Waals surface area contributed by atoms with Gasteiger partial charge in [0, 0.05) is 25.6 Å². The number of hydrogen-bond acceptors (Lipinski definition) is 3. The van der Waals surface area contributed by atoms with Crippen molar-refractivity contribution in [3.05, 3.63) is 0 Å². The number of carbonyl (C=O) groups excluding carboxylic acids is 1. The summed E-state index contributed by atoms with van der Waals surface area (Å²) in [6.07, 6.45) is 5.44. The van der Waals surface area contributed by atoms with Gasteiger partial charge >= 0.3 is 0 Å². The summed E-state index contributed by atoms with van der Waals surface area (Å²) < 4.78 is 0. The molecule has 2 aliphatic rings. The lowest BCUT2D eigenvalue weighted by Gasteiger charge is -2.36. The highest BCUT2D eigenvalue weighted by atomic mass is 16.2. The van der Waals surface area contributed by atoms with Crippen LogP contribution in [0.3, 0.4) is 0 Å². The normalized spacial score (nSPS) is 26.6. The number of nitrogens with one attached hydrogen (secondary N) is 1. The molecule has 18 heavy (non-hydrogen) atoms. The van der Waals surface area contributed by atoms with Gasteiger partial charge < -0.3 is 15.1 Å². The third-order valence-electron chi connectivity index (χ3n) is 4.41. The quantitative estimate of drug-likeness (QED) is 0.813. The highest BCUT2D eigenvalue weighted by Gasteiger charge is 2.25. The smallest absolute Gasteiger partial charge is 0.222 e. The standard InChI is InChI=1S/C14H27N3O/c1-16(2)13-5-8-17(9-6-13)14(18)10-12-4-3-7-15-11-12/h12-13,15H,3-11H2,1-2H3. The van der Waals surface area contributed by atoms with E-state index in [4.69, 9.17) is 0 Å². The van der Waals surface area contributed by atoms with Crippen molar-refractivity contribution in [1.29, 1.82) is 0 Å². The van der Waals surface area contributed by atoms with Crippen LogP contribution in [0, 0.1) is 5.92 Å². The van der Waals surface area contributed by atoms with Gasteiger partial charge in [-0.25, -0.2) is 0 Å². The van der Waals surface area contributed by atoms with Crippen LogP contribution in [0.5, 0.6) is 0 Å². The Labute approximate surface area is 111 Å². The number of carbonyl (C=O) groups is 1. The van der Waals surface area contributed by atoms with Crippen LogP contribution in [0.2, 0.25) is 0 Å². The number of piperidine rings is 2. The summed E-state index contributed by atoms with van der Waals surface area (Å²) >= 11 is 0. The highest BCUT2D eigenvalue weighted by molar-refractivity contribution is 5.76. The van der Waals surface area contributed by atoms with Gasteiger partial charge in [-0.1, -0.05) is 0 Å². The molecule has 0 aromatic carbocycles. The van der Waals surface area contributed by atoms with Crippen LogP contribution in [-0.4, -0.2) is 62.0 Å². The van der Waals surface area contributed by atoms with E-state index in [1.165, 1.54) is 12.8 Å². The molecule has 0 radical (unpaired) electrons. The summed E-state index contributed by atoms with van der Waals surface area (Å²) in [6.45, 7) is 4.04. The molecule has 0 bridgehead atoms. The average Bonchev–Trinajstić information content (AvgIpc) is 2.40. The van der Waals surface area contributed by atoms with Crippen molar-refractivity contribution < 1.29 is 4.79 Å². The first-order valence-corrected chi connectivity index (χ1v) is 7.31. The third kappa shape index (κ3) is 3.69. The molecule has 1 N–H and O–H groups in total. The second-order valence-electron chi connectivity index (χ2n) is 5.99. The lowest BCUT2D eigenvalue weighted by Crippen LogP contribution is -2.45. The molecule has 1 atom stereocenters. The van der Waals surface area contributed by atoms with Gasteiger partial charge in [0.05, 0.1) is 0 Å². The summed E-state index contributed by atoms with van der Waals surface area (Å²) in [4.78, 5) is 16.6. The summed E-state index contributed by atoms with van der Waals surface area (Å²) in [5.74, 6) is 0.943. The maximum absolute atomic E-state index is 12.2. The molecule has 4 heteroatoms. The van der Waals surface area contributed by atoms with Gasteiger partial charge in [0.2, 0.25) is 5.91 Å². The molecule has 0 aromatic rings. The van der Waals surface area contributed by atoms with E-state index in [0.29, 0.717) is 17.9 Å². The largest absolute Gasteiger partial charge is 0.343 e. The molecule has 2 fully saturated rings. The van der Waals surface area contributed by atoms with Gasteiger partial charge in [0.15, 0.2) is 0 Å². The van der Waals surface area contributed by atoms with Gasteiger partial charge in [-0.3, -0.25) is 4.79 Å². The van der Waals surface area contributed by atoms with Crippen molar-refractivity contribution in [2.75, 3.05) is 40.3 Å². The van der Waals surface area contributed by atoms with Crippen LogP contribution >= 0.6 is 0 Å². The van der Waals surface area contributed by atoms with E-state index >= 15 is 0 Å². The first-order chi connectivity index (χ1) is 8.66. The van der Waals surface area contributed by atoms with Gasteiger partial charge in [0.1, 0.15) is 0 Å². The Kier molecular flexibility index (Phi) is 5.01. The SMILES string of the molecule is CN(C)C1CCN(C(=O)CC2CCCNC2)CC1. The van der Waals surface area contributed by atoms with Crippen molar-refractivity contribution in [2.24, 2.45) is 5.92 Å². The molecular weight excluding hydrogens is 226 g/mol. The van der Waals surface area contributed by atoms with Crippen LogP contribution in [-0.2, 0) is 4.79 Å². The van der Waals surface area contributed by atoms with Gasteiger partial charge in [0.25, 0.3) is 0 Å². The number of nitrogens with zero attached hydrogens (tertiary/aromatic N) is 2. The minimum absolute atomic E-state index is 0.376. The second-order valence-corrected chi connectivity index (χ2v) is 5.99. The first kappa shape index (κ1) is 13.8. The van der Waals surface area contributed by atoms with E-state index in [-0.39, 0.29) is 0 Å². The Hall–Kier alpha value is -0.610. The molecule has 1 unspecified atom stereocenters. The van der Waals surface area contributed by atoms with Crippen molar-refractivity contribution in [3.63, 3.8) is 0 Å². The zero-order valence-electron chi connectivity index (χ0n) is 11.8. The Morgan fingerprint density at radius 3 is 2.56 bits per heavy atom. The Balaban J connectivity index is 1.73. The number of hydrogen-bond donors (Lipinski definition) is 1. The van der Waals surface area contributed by atoms with Gasteiger partial charge in [-0.15, -0.1) is 0 Å². The lowest BCUT2D eigenvalue weighted by molar-refractivity contribution is -0.133. The van der Waals surface area contributed by atoms with E-state index in [1.54, 1.807) is 0 Å². The molecule has 0 saturated carbocycles. The highest BCUT2D eigenvalue weighted by Crippen LogP contribution is 2.19. The van der Waals surface area contributed by atoms with E-state index in [9.17, 15) is 4.79 Å². The zero-order valence-corrected chi connectivity index (χ0v) is 11.8. The second kappa shape index (κ2) is 6.53. The number of likely N-dealkylation sites (tertiary alicyclic amines) is 1. The van der Waals surface area contributed by atoms with E-state index < -0.39 is 0 Å². The van der Waals surface area contributed by atoms with E-state index in [2.05, 4.69) is 29.2 Å². The fourth-order valence-electron chi connectivity index (χ4n) is 3.11. The first-order valence-electron chi connectivity index (χ1n) is 7.31. The summed E-state index contributed by atoms with van der Waals surface area (Å²) in [5.41, 5.74) is 0. The number of rotatable bonds is 3. The topological polar surface area (TPSA) is 35.6 Å².